The molecule has 1 unspecified atom stereocenters. The maximum absolute atomic E-state index is 12.4. The SMILES string of the molecule is CCC1C(=O)NCCN1C(=O)c1ccc(NC)nc1. The normalized spacial score (nSPS) is 18.9. The molecule has 1 aromatic rings. The van der Waals surface area contributed by atoms with E-state index < -0.39 is 0 Å². The van der Waals surface area contributed by atoms with Gasteiger partial charge in [-0.3, -0.25) is 9.59 Å². The van der Waals surface area contributed by atoms with Crippen molar-refractivity contribution in [1.82, 2.24) is 15.2 Å². The average molecular weight is 262 g/mol. The number of hydrogen-bond acceptors (Lipinski definition) is 4. The van der Waals surface area contributed by atoms with Gasteiger partial charge in [-0.05, 0) is 18.6 Å². The van der Waals surface area contributed by atoms with Crippen LogP contribution < -0.4 is 10.6 Å². The minimum atomic E-state index is -0.384. The van der Waals surface area contributed by atoms with E-state index in [1.807, 2.05) is 6.92 Å². The molecule has 1 atom stereocenters. The zero-order chi connectivity index (χ0) is 13.8. The van der Waals surface area contributed by atoms with Crippen LogP contribution >= 0.6 is 0 Å². The summed E-state index contributed by atoms with van der Waals surface area (Å²) in [6, 6.07) is 3.09. The molecule has 2 heterocycles. The predicted molar refractivity (Wildman–Crippen MR) is 71.9 cm³/mol. The van der Waals surface area contributed by atoms with Gasteiger partial charge in [0.1, 0.15) is 11.9 Å². The van der Waals surface area contributed by atoms with Crippen LogP contribution in [0, 0.1) is 0 Å². The lowest BCUT2D eigenvalue weighted by Crippen LogP contribution is -2.56. The highest BCUT2D eigenvalue weighted by Crippen LogP contribution is 2.14. The molecule has 0 saturated carbocycles. The van der Waals surface area contributed by atoms with Gasteiger partial charge in [0.15, 0.2) is 0 Å². The summed E-state index contributed by atoms with van der Waals surface area (Å²) in [5.41, 5.74) is 0.507. The summed E-state index contributed by atoms with van der Waals surface area (Å²) < 4.78 is 0. The van der Waals surface area contributed by atoms with Gasteiger partial charge in [-0.1, -0.05) is 6.92 Å². The first-order chi connectivity index (χ1) is 9.17. The summed E-state index contributed by atoms with van der Waals surface area (Å²) in [5, 5.41) is 5.68. The van der Waals surface area contributed by atoms with Gasteiger partial charge in [0.25, 0.3) is 5.91 Å². The second-order valence-electron chi connectivity index (χ2n) is 4.40. The molecule has 0 aromatic carbocycles. The Morgan fingerprint density at radius 2 is 2.37 bits per heavy atom. The Hall–Kier alpha value is -2.11. The lowest BCUT2D eigenvalue weighted by Gasteiger charge is -2.34. The minimum Gasteiger partial charge on any atom is -0.373 e. The maximum atomic E-state index is 12.4. The van der Waals surface area contributed by atoms with Crippen LogP contribution in [0.2, 0.25) is 0 Å². The third-order valence-electron chi connectivity index (χ3n) is 3.24. The van der Waals surface area contributed by atoms with Gasteiger partial charge in [0, 0.05) is 26.3 Å². The third-order valence-corrected chi connectivity index (χ3v) is 3.24. The molecule has 6 nitrogen and oxygen atoms in total. The Labute approximate surface area is 112 Å². The Kier molecular flexibility index (Phi) is 3.99. The largest absolute Gasteiger partial charge is 0.373 e. The monoisotopic (exact) mass is 262 g/mol. The first-order valence-electron chi connectivity index (χ1n) is 6.40. The van der Waals surface area contributed by atoms with Crippen molar-refractivity contribution in [2.45, 2.75) is 19.4 Å². The first-order valence-corrected chi connectivity index (χ1v) is 6.40. The summed E-state index contributed by atoms with van der Waals surface area (Å²) >= 11 is 0. The number of piperazine rings is 1. The average Bonchev–Trinajstić information content (AvgIpc) is 2.46. The van der Waals surface area contributed by atoms with Crippen LogP contribution in [0.25, 0.3) is 0 Å². The number of aromatic nitrogens is 1. The number of hydrogen-bond donors (Lipinski definition) is 2. The van der Waals surface area contributed by atoms with Crippen LogP contribution in [0.5, 0.6) is 0 Å². The Bertz CT molecular complexity index is 472. The van der Waals surface area contributed by atoms with E-state index in [2.05, 4.69) is 15.6 Å². The molecular formula is C13H18N4O2. The van der Waals surface area contributed by atoms with Crippen molar-refractivity contribution in [3.8, 4) is 0 Å². The second-order valence-corrected chi connectivity index (χ2v) is 4.40. The van der Waals surface area contributed by atoms with Crippen molar-refractivity contribution in [1.29, 1.82) is 0 Å². The van der Waals surface area contributed by atoms with Gasteiger partial charge < -0.3 is 15.5 Å². The number of nitrogens with zero attached hydrogens (tertiary/aromatic N) is 2. The molecule has 1 aromatic heterocycles. The summed E-state index contributed by atoms with van der Waals surface area (Å²) in [6.07, 6.45) is 2.15. The molecule has 0 aliphatic carbocycles. The number of pyridine rings is 1. The fourth-order valence-corrected chi connectivity index (χ4v) is 2.20. The van der Waals surface area contributed by atoms with Crippen LogP contribution in [0.15, 0.2) is 18.3 Å². The van der Waals surface area contributed by atoms with Gasteiger partial charge in [-0.15, -0.1) is 0 Å². The van der Waals surface area contributed by atoms with Crippen LogP contribution in [-0.4, -0.2) is 47.9 Å². The fraction of sp³-hybridized carbons (Fsp3) is 0.462. The Morgan fingerprint density at radius 1 is 1.58 bits per heavy atom. The predicted octanol–water partition coefficient (Wildman–Crippen LogP) is 0.474. The van der Waals surface area contributed by atoms with Crippen molar-refractivity contribution in [2.75, 3.05) is 25.5 Å². The molecular weight excluding hydrogens is 244 g/mol. The Morgan fingerprint density at radius 3 is 2.95 bits per heavy atom. The molecule has 102 valence electrons. The molecule has 0 bridgehead atoms. The van der Waals surface area contributed by atoms with Crippen LogP contribution in [0.4, 0.5) is 5.82 Å². The molecule has 2 rings (SSSR count). The van der Waals surface area contributed by atoms with Crippen LogP contribution in [0.3, 0.4) is 0 Å². The van der Waals surface area contributed by atoms with Gasteiger partial charge >= 0.3 is 0 Å². The van der Waals surface area contributed by atoms with E-state index in [-0.39, 0.29) is 17.9 Å². The van der Waals surface area contributed by atoms with Crippen molar-refractivity contribution in [3.63, 3.8) is 0 Å². The molecule has 0 spiro atoms. The van der Waals surface area contributed by atoms with Crippen molar-refractivity contribution in [3.05, 3.63) is 23.9 Å². The topological polar surface area (TPSA) is 74.3 Å². The lowest BCUT2D eigenvalue weighted by atomic mass is 10.1. The van der Waals surface area contributed by atoms with E-state index in [0.717, 1.165) is 0 Å². The van der Waals surface area contributed by atoms with Crippen LogP contribution in [-0.2, 0) is 4.79 Å². The minimum absolute atomic E-state index is 0.0816. The zero-order valence-corrected chi connectivity index (χ0v) is 11.1. The lowest BCUT2D eigenvalue weighted by molar-refractivity contribution is -0.127. The number of carbonyl (C=O) groups is 2. The van der Waals surface area contributed by atoms with E-state index in [1.165, 1.54) is 6.20 Å². The number of nitrogens with one attached hydrogen (secondary N) is 2. The molecule has 19 heavy (non-hydrogen) atoms. The Balaban J connectivity index is 2.19. The van der Waals surface area contributed by atoms with E-state index in [1.54, 1.807) is 24.1 Å². The third kappa shape index (κ3) is 2.67. The highest BCUT2D eigenvalue weighted by Gasteiger charge is 2.32. The number of anilines is 1. The summed E-state index contributed by atoms with van der Waals surface area (Å²) in [7, 11) is 1.77. The fourth-order valence-electron chi connectivity index (χ4n) is 2.20. The highest BCUT2D eigenvalue weighted by molar-refractivity contribution is 5.98. The molecule has 1 aliphatic rings. The van der Waals surface area contributed by atoms with E-state index in [9.17, 15) is 9.59 Å². The number of amides is 2. The number of carbonyl (C=O) groups excluding carboxylic acids is 2. The van der Waals surface area contributed by atoms with E-state index >= 15 is 0 Å². The quantitative estimate of drug-likeness (QED) is 0.830. The smallest absolute Gasteiger partial charge is 0.256 e. The molecule has 2 amide bonds. The molecule has 0 radical (unpaired) electrons. The zero-order valence-electron chi connectivity index (χ0n) is 11.1. The van der Waals surface area contributed by atoms with Gasteiger partial charge in [0.2, 0.25) is 5.91 Å². The molecule has 1 aliphatic heterocycles. The summed E-state index contributed by atoms with van der Waals surface area (Å²) in [4.78, 5) is 29.9. The van der Waals surface area contributed by atoms with Crippen molar-refractivity contribution < 1.29 is 9.59 Å². The summed E-state index contributed by atoms with van der Waals surface area (Å²) in [5.74, 6) is 0.485. The highest BCUT2D eigenvalue weighted by atomic mass is 16.2. The van der Waals surface area contributed by atoms with E-state index in [0.29, 0.717) is 30.9 Å². The van der Waals surface area contributed by atoms with Crippen molar-refractivity contribution >= 4 is 17.6 Å². The van der Waals surface area contributed by atoms with Gasteiger partial charge in [-0.25, -0.2) is 4.98 Å². The molecule has 2 N–H and O–H groups in total. The second kappa shape index (κ2) is 5.69. The molecule has 6 heteroatoms. The van der Waals surface area contributed by atoms with Crippen molar-refractivity contribution in [2.24, 2.45) is 0 Å². The summed E-state index contributed by atoms with van der Waals surface area (Å²) in [6.45, 7) is 2.94. The molecule has 1 fully saturated rings. The van der Waals surface area contributed by atoms with Gasteiger partial charge in [-0.2, -0.15) is 0 Å². The van der Waals surface area contributed by atoms with Gasteiger partial charge in [0.05, 0.1) is 5.56 Å². The van der Waals surface area contributed by atoms with E-state index in [4.69, 9.17) is 0 Å². The first kappa shape index (κ1) is 13.3. The standard InChI is InChI=1S/C13H18N4O2/c1-3-10-12(18)15-6-7-17(10)13(19)9-4-5-11(14-2)16-8-9/h4-5,8,10H,3,6-7H2,1-2H3,(H,14,16)(H,15,18). The number of rotatable bonds is 3. The van der Waals surface area contributed by atoms with Crippen LogP contribution in [0.1, 0.15) is 23.7 Å². The molecule has 1 saturated heterocycles. The maximum Gasteiger partial charge on any atom is 0.256 e.